The number of hydrazone groups is 1. The van der Waals surface area contributed by atoms with Crippen LogP contribution in [-0.2, 0) is 9.53 Å². The number of hydrogen-bond donors (Lipinski definition) is 2. The van der Waals surface area contributed by atoms with Crippen molar-refractivity contribution in [2.75, 3.05) is 6.61 Å². The van der Waals surface area contributed by atoms with Crippen LogP contribution in [0.5, 0.6) is 11.5 Å². The van der Waals surface area contributed by atoms with E-state index in [-0.39, 0.29) is 17.4 Å². The Hall–Kier alpha value is -4.65. The molecule has 0 bridgehead atoms. The summed E-state index contributed by atoms with van der Waals surface area (Å²) >= 11 is 0. The molecular weight excluding hydrogens is 444 g/mol. The van der Waals surface area contributed by atoms with Crippen molar-refractivity contribution in [3.63, 3.8) is 0 Å². The first kappa shape index (κ1) is 22.2. The van der Waals surface area contributed by atoms with Gasteiger partial charge in [0.1, 0.15) is 0 Å². The number of ether oxygens (including phenoxy) is 1. The summed E-state index contributed by atoms with van der Waals surface area (Å²) in [6.45, 7) is -0.516. The lowest BCUT2D eigenvalue weighted by atomic mass is 9.97. The Balaban J connectivity index is 1.39. The maximum atomic E-state index is 13.1. The van der Waals surface area contributed by atoms with E-state index in [1.54, 1.807) is 0 Å². The molecule has 5 rings (SSSR count). The standard InChI is InChI=1S/C28H22N2O5/c31-25-13-12-22(15-26(25)32)28(34)35-17-27(33)30-24(19-7-2-1-3-8-19)16-23(29-30)21-11-10-18-6-4-5-9-20(18)14-21/h1-15,24,31-32H,16-17H2. The monoisotopic (exact) mass is 466 g/mol. The van der Waals surface area contributed by atoms with Crippen LogP contribution in [0, 0.1) is 0 Å². The second-order valence-electron chi connectivity index (χ2n) is 8.26. The van der Waals surface area contributed by atoms with Crippen molar-refractivity contribution in [1.82, 2.24) is 5.01 Å². The van der Waals surface area contributed by atoms with Crippen LogP contribution in [0.1, 0.15) is 33.9 Å². The Bertz CT molecular complexity index is 1450. The summed E-state index contributed by atoms with van der Waals surface area (Å²) in [5, 5.41) is 27.3. The highest BCUT2D eigenvalue weighted by molar-refractivity contribution is 6.05. The van der Waals surface area contributed by atoms with Crippen molar-refractivity contribution in [3.8, 4) is 11.5 Å². The maximum absolute atomic E-state index is 13.1. The largest absolute Gasteiger partial charge is 0.504 e. The highest BCUT2D eigenvalue weighted by atomic mass is 16.5. The van der Waals surface area contributed by atoms with Gasteiger partial charge in [0, 0.05) is 6.42 Å². The number of carbonyl (C=O) groups excluding carboxylic acids is 2. The number of benzene rings is 4. The summed E-state index contributed by atoms with van der Waals surface area (Å²) < 4.78 is 5.19. The van der Waals surface area contributed by atoms with Crippen molar-refractivity contribution in [3.05, 3.63) is 108 Å². The summed E-state index contributed by atoms with van der Waals surface area (Å²) in [6.07, 6.45) is 0.522. The average Bonchev–Trinajstić information content (AvgIpc) is 3.34. The Kier molecular flexibility index (Phi) is 5.89. The minimum Gasteiger partial charge on any atom is -0.504 e. The lowest BCUT2D eigenvalue weighted by Crippen LogP contribution is -2.31. The zero-order chi connectivity index (χ0) is 24.4. The van der Waals surface area contributed by atoms with Crippen LogP contribution in [0.4, 0.5) is 0 Å². The number of rotatable bonds is 5. The molecule has 0 saturated carbocycles. The normalized spacial score (nSPS) is 15.1. The van der Waals surface area contributed by atoms with Crippen molar-refractivity contribution in [2.24, 2.45) is 5.10 Å². The van der Waals surface area contributed by atoms with Crippen LogP contribution >= 0.6 is 0 Å². The fourth-order valence-corrected chi connectivity index (χ4v) is 4.15. The van der Waals surface area contributed by atoms with Crippen molar-refractivity contribution in [2.45, 2.75) is 12.5 Å². The van der Waals surface area contributed by atoms with Gasteiger partial charge in [0.15, 0.2) is 18.1 Å². The number of phenolic OH excluding ortho intramolecular Hbond substituents is 2. The second-order valence-corrected chi connectivity index (χ2v) is 8.26. The molecule has 35 heavy (non-hydrogen) atoms. The topological polar surface area (TPSA) is 99.4 Å². The van der Waals surface area contributed by atoms with Gasteiger partial charge in [0.2, 0.25) is 0 Å². The lowest BCUT2D eigenvalue weighted by molar-refractivity contribution is -0.136. The third-order valence-corrected chi connectivity index (χ3v) is 5.97. The molecule has 174 valence electrons. The number of carbonyl (C=O) groups is 2. The molecule has 1 unspecified atom stereocenters. The molecule has 2 N–H and O–H groups in total. The summed E-state index contributed by atoms with van der Waals surface area (Å²) in [6, 6.07) is 27.0. The zero-order valence-corrected chi connectivity index (χ0v) is 18.7. The van der Waals surface area contributed by atoms with Gasteiger partial charge in [0.25, 0.3) is 5.91 Å². The van der Waals surface area contributed by atoms with E-state index in [2.05, 4.69) is 11.2 Å². The molecule has 7 heteroatoms. The van der Waals surface area contributed by atoms with Crippen molar-refractivity contribution >= 4 is 28.4 Å². The SMILES string of the molecule is O=C(OCC(=O)N1N=C(c2ccc3ccccc3c2)CC1c1ccccc1)c1ccc(O)c(O)c1. The number of phenols is 2. The van der Waals surface area contributed by atoms with E-state index < -0.39 is 24.2 Å². The minimum atomic E-state index is -0.789. The summed E-state index contributed by atoms with van der Waals surface area (Å²) in [7, 11) is 0. The van der Waals surface area contributed by atoms with Gasteiger partial charge in [-0.25, -0.2) is 9.80 Å². The highest BCUT2D eigenvalue weighted by Crippen LogP contribution is 2.33. The van der Waals surface area contributed by atoms with Gasteiger partial charge >= 0.3 is 5.97 Å². The Morgan fingerprint density at radius 1 is 0.857 bits per heavy atom. The van der Waals surface area contributed by atoms with Gasteiger partial charge in [-0.1, -0.05) is 66.7 Å². The molecule has 1 aliphatic heterocycles. The van der Waals surface area contributed by atoms with Crippen LogP contribution in [0.25, 0.3) is 10.8 Å². The van der Waals surface area contributed by atoms with Gasteiger partial charge in [-0.15, -0.1) is 0 Å². The Morgan fingerprint density at radius 3 is 2.37 bits per heavy atom. The van der Waals surface area contributed by atoms with E-state index in [4.69, 9.17) is 4.74 Å². The number of amides is 1. The number of nitrogens with zero attached hydrogens (tertiary/aromatic N) is 2. The third-order valence-electron chi connectivity index (χ3n) is 5.97. The molecule has 0 fully saturated rings. The fraction of sp³-hybridized carbons (Fsp3) is 0.107. The molecule has 0 aromatic heterocycles. The van der Waals surface area contributed by atoms with Gasteiger partial charge in [-0.3, -0.25) is 4.79 Å². The average molecular weight is 466 g/mol. The number of aromatic hydroxyl groups is 2. The first-order valence-corrected chi connectivity index (χ1v) is 11.1. The van der Waals surface area contributed by atoms with E-state index in [1.807, 2.05) is 66.7 Å². The predicted octanol–water partition coefficient (Wildman–Crippen LogP) is 4.79. The van der Waals surface area contributed by atoms with Gasteiger partial charge < -0.3 is 14.9 Å². The summed E-state index contributed by atoms with van der Waals surface area (Å²) in [5.74, 6) is -2.05. The number of esters is 1. The Labute approximate surface area is 201 Å². The molecule has 7 nitrogen and oxygen atoms in total. The van der Waals surface area contributed by atoms with Crippen LogP contribution in [0.2, 0.25) is 0 Å². The molecule has 0 aliphatic carbocycles. The first-order chi connectivity index (χ1) is 17.0. The zero-order valence-electron chi connectivity index (χ0n) is 18.7. The highest BCUT2D eigenvalue weighted by Gasteiger charge is 2.33. The first-order valence-electron chi connectivity index (χ1n) is 11.1. The Morgan fingerprint density at radius 2 is 1.60 bits per heavy atom. The predicted molar refractivity (Wildman–Crippen MR) is 131 cm³/mol. The smallest absolute Gasteiger partial charge is 0.338 e. The van der Waals surface area contributed by atoms with E-state index in [9.17, 15) is 19.8 Å². The number of hydrogen-bond acceptors (Lipinski definition) is 6. The molecule has 4 aromatic rings. The second kappa shape index (κ2) is 9.30. The van der Waals surface area contributed by atoms with E-state index >= 15 is 0 Å². The molecule has 0 spiro atoms. The van der Waals surface area contributed by atoms with Crippen LogP contribution in [-0.4, -0.2) is 39.4 Å². The quantitative estimate of drug-likeness (QED) is 0.326. The van der Waals surface area contributed by atoms with Gasteiger partial charge in [-0.2, -0.15) is 5.10 Å². The summed E-state index contributed by atoms with van der Waals surface area (Å²) in [4.78, 5) is 25.5. The van der Waals surface area contributed by atoms with E-state index in [0.29, 0.717) is 6.42 Å². The van der Waals surface area contributed by atoms with Crippen LogP contribution < -0.4 is 0 Å². The molecule has 1 aliphatic rings. The van der Waals surface area contributed by atoms with Crippen LogP contribution in [0.3, 0.4) is 0 Å². The third kappa shape index (κ3) is 4.56. The van der Waals surface area contributed by atoms with E-state index in [0.717, 1.165) is 33.7 Å². The molecule has 1 heterocycles. The van der Waals surface area contributed by atoms with Crippen LogP contribution in [0.15, 0.2) is 96.1 Å². The minimum absolute atomic E-state index is 0.0227. The maximum Gasteiger partial charge on any atom is 0.338 e. The molecular formula is C28H22N2O5. The van der Waals surface area contributed by atoms with Crippen molar-refractivity contribution in [1.29, 1.82) is 0 Å². The van der Waals surface area contributed by atoms with Gasteiger partial charge in [-0.05, 0) is 46.2 Å². The molecule has 1 amide bonds. The summed E-state index contributed by atoms with van der Waals surface area (Å²) in [5.41, 5.74) is 2.65. The van der Waals surface area contributed by atoms with Gasteiger partial charge in [0.05, 0.1) is 17.3 Å². The lowest BCUT2D eigenvalue weighted by Gasteiger charge is -2.21. The molecule has 1 atom stereocenters. The van der Waals surface area contributed by atoms with E-state index in [1.165, 1.54) is 17.1 Å². The van der Waals surface area contributed by atoms with Crippen molar-refractivity contribution < 1.29 is 24.5 Å². The number of fused-ring (bicyclic) bond motifs is 1. The molecule has 0 saturated heterocycles. The molecule has 4 aromatic carbocycles. The molecule has 0 radical (unpaired) electrons. The fourth-order valence-electron chi connectivity index (χ4n) is 4.15.